The molecular formula is C13H9BrN4OS. The molecule has 0 saturated heterocycles. The van der Waals surface area contributed by atoms with Crippen molar-refractivity contribution in [2.24, 2.45) is 0 Å². The highest BCUT2D eigenvalue weighted by Crippen LogP contribution is 2.23. The molecular weight excluding hydrogens is 340 g/mol. The molecule has 3 aromatic rings. The van der Waals surface area contributed by atoms with E-state index in [1.807, 2.05) is 18.2 Å². The van der Waals surface area contributed by atoms with Gasteiger partial charge in [-0.25, -0.2) is 9.97 Å². The molecule has 0 unspecified atom stereocenters. The van der Waals surface area contributed by atoms with Crippen LogP contribution in [-0.2, 0) is 0 Å². The van der Waals surface area contributed by atoms with Gasteiger partial charge in [0.05, 0.1) is 21.3 Å². The minimum Gasteiger partial charge on any atom is -0.383 e. The van der Waals surface area contributed by atoms with Crippen LogP contribution in [0.15, 0.2) is 40.4 Å². The highest BCUT2D eigenvalue weighted by Gasteiger charge is 2.12. The van der Waals surface area contributed by atoms with Crippen molar-refractivity contribution in [3.05, 3.63) is 46.0 Å². The fraction of sp³-hybridized carbons (Fsp3) is 0. The van der Waals surface area contributed by atoms with Crippen LogP contribution in [-0.4, -0.2) is 15.9 Å². The number of aromatic nitrogens is 2. The summed E-state index contributed by atoms with van der Waals surface area (Å²) in [5.74, 6) is -0.0928. The van der Waals surface area contributed by atoms with Crippen molar-refractivity contribution in [2.75, 3.05) is 11.1 Å². The van der Waals surface area contributed by atoms with E-state index >= 15 is 0 Å². The van der Waals surface area contributed by atoms with Gasteiger partial charge < -0.3 is 11.1 Å². The number of hydrogen-bond acceptors (Lipinski definition) is 5. The number of thiazole rings is 1. The van der Waals surface area contributed by atoms with Crippen LogP contribution in [0, 0.1) is 0 Å². The summed E-state index contributed by atoms with van der Waals surface area (Å²) in [5.41, 5.74) is 9.44. The standard InChI is InChI=1S/C13H9BrN4OS/c14-7-3-9(12(15)16-5-7)13(19)18-8-1-2-10-11(4-8)20-6-17-10/h1-6H,(H2,15,16)(H,18,19). The second-order valence-electron chi connectivity index (χ2n) is 4.08. The Kier molecular flexibility index (Phi) is 3.37. The van der Waals surface area contributed by atoms with E-state index < -0.39 is 0 Å². The fourth-order valence-electron chi connectivity index (χ4n) is 1.76. The zero-order chi connectivity index (χ0) is 14.1. The van der Waals surface area contributed by atoms with E-state index in [4.69, 9.17) is 5.73 Å². The minimum absolute atomic E-state index is 0.199. The van der Waals surface area contributed by atoms with Gasteiger partial charge in [-0.1, -0.05) is 0 Å². The predicted octanol–water partition coefficient (Wildman–Crippen LogP) is 3.29. The molecule has 0 aliphatic heterocycles. The minimum atomic E-state index is -0.292. The molecule has 5 nitrogen and oxygen atoms in total. The second-order valence-corrected chi connectivity index (χ2v) is 5.88. The van der Waals surface area contributed by atoms with Gasteiger partial charge in [0.1, 0.15) is 5.82 Å². The number of amides is 1. The van der Waals surface area contributed by atoms with Gasteiger partial charge in [0.25, 0.3) is 5.91 Å². The number of fused-ring (bicyclic) bond motifs is 1. The number of pyridine rings is 1. The molecule has 100 valence electrons. The largest absolute Gasteiger partial charge is 0.383 e. The van der Waals surface area contributed by atoms with Gasteiger partial charge in [-0.05, 0) is 40.2 Å². The number of halogens is 1. The number of nitrogens with zero attached hydrogens (tertiary/aromatic N) is 2. The lowest BCUT2D eigenvalue weighted by atomic mass is 10.2. The van der Waals surface area contributed by atoms with Gasteiger partial charge in [0.2, 0.25) is 0 Å². The van der Waals surface area contributed by atoms with Gasteiger partial charge in [-0.3, -0.25) is 4.79 Å². The molecule has 1 aromatic carbocycles. The highest BCUT2D eigenvalue weighted by molar-refractivity contribution is 9.10. The Morgan fingerprint density at radius 3 is 3.00 bits per heavy atom. The number of hydrogen-bond donors (Lipinski definition) is 2. The zero-order valence-corrected chi connectivity index (χ0v) is 12.5. The Bertz CT molecular complexity index is 802. The molecule has 3 N–H and O–H groups in total. The summed E-state index contributed by atoms with van der Waals surface area (Å²) in [5, 5.41) is 2.81. The molecule has 2 aromatic heterocycles. The van der Waals surface area contributed by atoms with E-state index in [1.165, 1.54) is 11.3 Å². The molecule has 0 aliphatic rings. The highest BCUT2D eigenvalue weighted by atomic mass is 79.9. The summed E-state index contributed by atoms with van der Waals surface area (Å²) < 4.78 is 1.72. The van der Waals surface area contributed by atoms with Crippen molar-refractivity contribution < 1.29 is 4.79 Å². The van der Waals surface area contributed by atoms with Crippen LogP contribution < -0.4 is 11.1 Å². The van der Waals surface area contributed by atoms with Crippen LogP contribution in [0.1, 0.15) is 10.4 Å². The van der Waals surface area contributed by atoms with Crippen molar-refractivity contribution in [3.8, 4) is 0 Å². The Labute approximate surface area is 127 Å². The number of nitrogens with one attached hydrogen (secondary N) is 1. The second kappa shape index (κ2) is 5.18. The Balaban J connectivity index is 1.89. The fourth-order valence-corrected chi connectivity index (χ4v) is 2.81. The summed E-state index contributed by atoms with van der Waals surface area (Å²) in [7, 11) is 0. The molecule has 2 heterocycles. The van der Waals surface area contributed by atoms with Crippen molar-refractivity contribution in [1.29, 1.82) is 0 Å². The zero-order valence-electron chi connectivity index (χ0n) is 10.1. The number of rotatable bonds is 2. The summed E-state index contributed by atoms with van der Waals surface area (Å²) in [4.78, 5) is 20.3. The van der Waals surface area contributed by atoms with E-state index in [0.717, 1.165) is 10.2 Å². The van der Waals surface area contributed by atoms with Gasteiger partial charge in [0, 0.05) is 16.4 Å². The van der Waals surface area contributed by atoms with Gasteiger partial charge in [-0.15, -0.1) is 11.3 Å². The van der Waals surface area contributed by atoms with Crippen molar-refractivity contribution in [2.45, 2.75) is 0 Å². The van der Waals surface area contributed by atoms with Crippen molar-refractivity contribution >= 4 is 54.9 Å². The molecule has 0 radical (unpaired) electrons. The average Bonchev–Trinajstić information content (AvgIpc) is 2.89. The van der Waals surface area contributed by atoms with Crippen LogP contribution in [0.3, 0.4) is 0 Å². The Hall–Kier alpha value is -1.99. The Morgan fingerprint density at radius 1 is 1.30 bits per heavy atom. The van der Waals surface area contributed by atoms with E-state index in [0.29, 0.717) is 15.7 Å². The molecule has 0 bridgehead atoms. The van der Waals surface area contributed by atoms with Crippen LogP contribution in [0.5, 0.6) is 0 Å². The molecule has 0 atom stereocenters. The lowest BCUT2D eigenvalue weighted by Gasteiger charge is -2.07. The third-order valence-corrected chi connectivity index (χ3v) is 3.94. The molecule has 0 aliphatic carbocycles. The number of benzene rings is 1. The number of nitrogen functional groups attached to an aromatic ring is 1. The third-order valence-electron chi connectivity index (χ3n) is 2.72. The number of nitrogens with two attached hydrogens (primary N) is 1. The summed E-state index contributed by atoms with van der Waals surface area (Å²) >= 11 is 4.80. The number of carbonyl (C=O) groups excluding carboxylic acids is 1. The third kappa shape index (κ3) is 2.50. The summed E-state index contributed by atoms with van der Waals surface area (Å²) in [6, 6.07) is 7.20. The molecule has 0 spiro atoms. The Morgan fingerprint density at radius 2 is 2.15 bits per heavy atom. The van der Waals surface area contributed by atoms with E-state index in [-0.39, 0.29) is 11.7 Å². The summed E-state index contributed by atoms with van der Waals surface area (Å²) in [6.07, 6.45) is 1.55. The topological polar surface area (TPSA) is 80.9 Å². The van der Waals surface area contributed by atoms with Crippen LogP contribution >= 0.6 is 27.3 Å². The molecule has 1 amide bonds. The lowest BCUT2D eigenvalue weighted by Crippen LogP contribution is -2.14. The van der Waals surface area contributed by atoms with E-state index in [9.17, 15) is 4.79 Å². The first-order chi connectivity index (χ1) is 9.63. The summed E-state index contributed by atoms with van der Waals surface area (Å²) in [6.45, 7) is 0. The molecule has 0 saturated carbocycles. The molecule has 0 fully saturated rings. The molecule has 3 rings (SSSR count). The first-order valence-corrected chi connectivity index (χ1v) is 7.36. The normalized spacial score (nSPS) is 10.7. The maximum absolute atomic E-state index is 12.2. The van der Waals surface area contributed by atoms with Crippen molar-refractivity contribution in [3.63, 3.8) is 0 Å². The first kappa shape index (κ1) is 13.0. The van der Waals surface area contributed by atoms with Gasteiger partial charge in [0.15, 0.2) is 0 Å². The molecule has 20 heavy (non-hydrogen) atoms. The maximum Gasteiger partial charge on any atom is 0.259 e. The van der Waals surface area contributed by atoms with E-state index in [1.54, 1.807) is 17.8 Å². The average molecular weight is 349 g/mol. The number of anilines is 2. The van der Waals surface area contributed by atoms with E-state index in [2.05, 4.69) is 31.2 Å². The maximum atomic E-state index is 12.2. The monoisotopic (exact) mass is 348 g/mol. The van der Waals surface area contributed by atoms with Crippen LogP contribution in [0.4, 0.5) is 11.5 Å². The van der Waals surface area contributed by atoms with Gasteiger partial charge in [-0.2, -0.15) is 0 Å². The predicted molar refractivity (Wildman–Crippen MR) is 83.9 cm³/mol. The van der Waals surface area contributed by atoms with Crippen LogP contribution in [0.2, 0.25) is 0 Å². The quantitative estimate of drug-likeness (QED) is 0.744. The SMILES string of the molecule is Nc1ncc(Br)cc1C(=O)Nc1ccc2ncsc2c1. The van der Waals surface area contributed by atoms with Crippen molar-refractivity contribution in [1.82, 2.24) is 9.97 Å². The first-order valence-electron chi connectivity index (χ1n) is 5.69. The molecule has 7 heteroatoms. The van der Waals surface area contributed by atoms with Crippen LogP contribution in [0.25, 0.3) is 10.2 Å². The smallest absolute Gasteiger partial charge is 0.259 e. The lowest BCUT2D eigenvalue weighted by molar-refractivity contribution is 0.102. The van der Waals surface area contributed by atoms with Gasteiger partial charge >= 0.3 is 0 Å². The number of carbonyl (C=O) groups is 1.